The van der Waals surface area contributed by atoms with E-state index in [-0.39, 0.29) is 29.8 Å². The lowest BCUT2D eigenvalue weighted by Gasteiger charge is -2.40. The van der Waals surface area contributed by atoms with Gasteiger partial charge in [0.05, 0.1) is 28.5 Å². The lowest BCUT2D eigenvalue weighted by Crippen LogP contribution is -2.44. The molecule has 1 aliphatic heterocycles. The van der Waals surface area contributed by atoms with Crippen molar-refractivity contribution in [3.63, 3.8) is 0 Å². The zero-order valence-corrected chi connectivity index (χ0v) is 16.0. The van der Waals surface area contributed by atoms with Crippen molar-refractivity contribution in [1.29, 1.82) is 0 Å². The number of nitrogens with two attached hydrogens (primary N) is 1. The van der Waals surface area contributed by atoms with Crippen LogP contribution in [0.25, 0.3) is 0 Å². The first-order valence-corrected chi connectivity index (χ1v) is 9.25. The number of nitrogens with zero attached hydrogens (tertiary/aromatic N) is 3. The summed E-state index contributed by atoms with van der Waals surface area (Å²) in [5.41, 5.74) is 6.64. The number of amides is 2. The molecule has 144 valence electrons. The van der Waals surface area contributed by atoms with Crippen LogP contribution in [0.15, 0.2) is 24.5 Å². The molecular weight excluding hydrogens is 368 g/mol. The third-order valence-corrected chi connectivity index (χ3v) is 5.15. The van der Waals surface area contributed by atoms with Crippen LogP contribution in [0.3, 0.4) is 0 Å². The number of nitrogens with one attached hydrogen (secondary N) is 2. The number of halogens is 1. The summed E-state index contributed by atoms with van der Waals surface area (Å²) in [5, 5.41) is 10.3. The molecular formula is C18H23ClN6O2. The van der Waals surface area contributed by atoms with Crippen molar-refractivity contribution in [3.05, 3.63) is 40.8 Å². The van der Waals surface area contributed by atoms with Gasteiger partial charge in [0.1, 0.15) is 5.82 Å². The fraction of sp³-hybridized carbons (Fsp3) is 0.444. The fourth-order valence-electron chi connectivity index (χ4n) is 3.51. The van der Waals surface area contributed by atoms with Crippen molar-refractivity contribution in [2.45, 2.75) is 38.8 Å². The molecule has 9 heteroatoms. The minimum Gasteiger partial charge on any atom is -0.369 e. The van der Waals surface area contributed by atoms with E-state index < -0.39 is 0 Å². The van der Waals surface area contributed by atoms with Crippen LogP contribution >= 0.6 is 11.6 Å². The fourth-order valence-corrected chi connectivity index (χ4v) is 3.62. The predicted octanol–water partition coefficient (Wildman–Crippen LogP) is 2.36. The molecule has 2 aromatic rings. The lowest BCUT2D eigenvalue weighted by molar-refractivity contribution is -0.124. The molecule has 2 amide bonds. The molecule has 3 rings (SSSR count). The Hall–Kier alpha value is -2.45. The largest absolute Gasteiger partial charge is 0.369 e. The molecule has 8 nitrogen and oxygen atoms in total. The Balaban J connectivity index is 1.85. The van der Waals surface area contributed by atoms with Gasteiger partial charge in [0.15, 0.2) is 0 Å². The van der Waals surface area contributed by atoms with Gasteiger partial charge in [-0.1, -0.05) is 11.6 Å². The molecule has 1 aliphatic rings. The highest BCUT2D eigenvalue weighted by atomic mass is 35.5. The first-order chi connectivity index (χ1) is 12.9. The van der Waals surface area contributed by atoms with Crippen LogP contribution in [0.1, 0.15) is 48.8 Å². The van der Waals surface area contributed by atoms with Gasteiger partial charge in [0.2, 0.25) is 5.91 Å². The van der Waals surface area contributed by atoms with E-state index in [4.69, 9.17) is 17.3 Å². The summed E-state index contributed by atoms with van der Waals surface area (Å²) >= 11 is 5.83. The summed E-state index contributed by atoms with van der Waals surface area (Å²) in [4.78, 5) is 30.8. The molecule has 2 unspecified atom stereocenters. The van der Waals surface area contributed by atoms with Crippen molar-refractivity contribution in [1.82, 2.24) is 20.1 Å². The van der Waals surface area contributed by atoms with E-state index >= 15 is 0 Å². The highest BCUT2D eigenvalue weighted by Crippen LogP contribution is 2.36. The predicted molar refractivity (Wildman–Crippen MR) is 102 cm³/mol. The van der Waals surface area contributed by atoms with Gasteiger partial charge in [-0.3, -0.25) is 19.6 Å². The SMILES string of the molecule is CC(C)N1CCC(C(N)=O)CC1c1[nH]ncc1C(=O)Nc1ccc(Cl)cn1. The monoisotopic (exact) mass is 390 g/mol. The van der Waals surface area contributed by atoms with Crippen LogP contribution < -0.4 is 11.1 Å². The highest BCUT2D eigenvalue weighted by molar-refractivity contribution is 6.30. The van der Waals surface area contributed by atoms with E-state index in [1.54, 1.807) is 12.1 Å². The highest BCUT2D eigenvalue weighted by Gasteiger charge is 2.36. The zero-order valence-electron chi connectivity index (χ0n) is 15.3. The summed E-state index contributed by atoms with van der Waals surface area (Å²) in [7, 11) is 0. The molecule has 0 radical (unpaired) electrons. The first-order valence-electron chi connectivity index (χ1n) is 8.88. The van der Waals surface area contributed by atoms with Gasteiger partial charge in [-0.05, 0) is 45.4 Å². The van der Waals surface area contributed by atoms with Crippen molar-refractivity contribution in [3.8, 4) is 0 Å². The summed E-state index contributed by atoms with van der Waals surface area (Å²) in [6.07, 6.45) is 4.23. The second-order valence-electron chi connectivity index (χ2n) is 6.98. The van der Waals surface area contributed by atoms with Gasteiger partial charge in [-0.25, -0.2) is 4.98 Å². The second-order valence-corrected chi connectivity index (χ2v) is 7.42. The van der Waals surface area contributed by atoms with Crippen molar-refractivity contribution >= 4 is 29.2 Å². The van der Waals surface area contributed by atoms with Gasteiger partial charge in [-0.2, -0.15) is 5.10 Å². The normalized spacial score (nSPS) is 20.6. The summed E-state index contributed by atoms with van der Waals surface area (Å²) in [6, 6.07) is 3.39. The molecule has 2 aromatic heterocycles. The maximum Gasteiger partial charge on any atom is 0.260 e. The summed E-state index contributed by atoms with van der Waals surface area (Å²) in [6.45, 7) is 4.91. The van der Waals surface area contributed by atoms with Gasteiger partial charge in [-0.15, -0.1) is 0 Å². The molecule has 0 spiro atoms. The topological polar surface area (TPSA) is 117 Å². The van der Waals surface area contributed by atoms with Crippen molar-refractivity contribution < 1.29 is 9.59 Å². The van der Waals surface area contributed by atoms with Crippen LogP contribution in [-0.2, 0) is 4.79 Å². The Labute approximate surface area is 162 Å². The van der Waals surface area contributed by atoms with E-state index in [0.29, 0.717) is 34.9 Å². The third kappa shape index (κ3) is 4.28. The molecule has 0 aliphatic carbocycles. The first kappa shape index (κ1) is 19.3. The quantitative estimate of drug-likeness (QED) is 0.724. The minimum atomic E-state index is -0.321. The Morgan fingerprint density at radius 3 is 2.78 bits per heavy atom. The maximum atomic E-state index is 12.8. The number of rotatable bonds is 5. The smallest absolute Gasteiger partial charge is 0.260 e. The lowest BCUT2D eigenvalue weighted by atomic mass is 9.87. The van der Waals surface area contributed by atoms with Gasteiger partial charge < -0.3 is 11.1 Å². The van der Waals surface area contributed by atoms with E-state index in [1.165, 1.54) is 12.4 Å². The molecule has 2 atom stereocenters. The number of anilines is 1. The van der Waals surface area contributed by atoms with Crippen LogP contribution in [-0.4, -0.2) is 44.5 Å². The number of aromatic nitrogens is 3. The molecule has 4 N–H and O–H groups in total. The van der Waals surface area contributed by atoms with E-state index in [1.807, 2.05) is 0 Å². The Morgan fingerprint density at radius 2 is 2.15 bits per heavy atom. The van der Waals surface area contributed by atoms with Gasteiger partial charge in [0.25, 0.3) is 5.91 Å². The van der Waals surface area contributed by atoms with Gasteiger partial charge in [0, 0.05) is 18.2 Å². The van der Waals surface area contributed by atoms with E-state index in [2.05, 4.69) is 39.2 Å². The summed E-state index contributed by atoms with van der Waals surface area (Å²) < 4.78 is 0. The minimum absolute atomic E-state index is 0.141. The Kier molecular flexibility index (Phi) is 5.76. The average Bonchev–Trinajstić information content (AvgIpc) is 3.12. The number of piperidine rings is 1. The molecule has 0 bridgehead atoms. The number of carbonyl (C=O) groups is 2. The van der Waals surface area contributed by atoms with Crippen LogP contribution in [0, 0.1) is 5.92 Å². The van der Waals surface area contributed by atoms with E-state index in [9.17, 15) is 9.59 Å². The number of pyridine rings is 1. The number of H-pyrrole nitrogens is 1. The number of aromatic amines is 1. The van der Waals surface area contributed by atoms with Crippen molar-refractivity contribution in [2.75, 3.05) is 11.9 Å². The average molecular weight is 391 g/mol. The van der Waals surface area contributed by atoms with Crippen LogP contribution in [0.2, 0.25) is 5.02 Å². The van der Waals surface area contributed by atoms with Crippen LogP contribution in [0.5, 0.6) is 0 Å². The molecule has 1 saturated heterocycles. The number of primary amides is 1. The number of carbonyl (C=O) groups excluding carboxylic acids is 2. The second kappa shape index (κ2) is 8.06. The maximum absolute atomic E-state index is 12.8. The molecule has 27 heavy (non-hydrogen) atoms. The van der Waals surface area contributed by atoms with Gasteiger partial charge >= 0.3 is 0 Å². The molecule has 0 aromatic carbocycles. The third-order valence-electron chi connectivity index (χ3n) is 4.93. The standard InChI is InChI=1S/C18H23ClN6O2/c1-10(2)25-6-5-11(17(20)26)7-14(25)16-13(9-22-24-16)18(27)23-15-4-3-12(19)8-21-15/h3-4,8-11,14H,5-7H2,1-2H3,(H2,20,26)(H,22,24)(H,21,23,27). The molecule has 3 heterocycles. The summed E-state index contributed by atoms with van der Waals surface area (Å²) in [5.74, 6) is -0.448. The van der Waals surface area contributed by atoms with Crippen LogP contribution in [0.4, 0.5) is 5.82 Å². The number of hydrogen-bond acceptors (Lipinski definition) is 5. The molecule has 1 fully saturated rings. The van der Waals surface area contributed by atoms with E-state index in [0.717, 1.165) is 6.54 Å². The Bertz CT molecular complexity index is 820. The number of hydrogen-bond donors (Lipinski definition) is 3. The zero-order chi connectivity index (χ0) is 19.6. The number of likely N-dealkylation sites (tertiary alicyclic amines) is 1. The Morgan fingerprint density at radius 1 is 1.37 bits per heavy atom. The molecule has 0 saturated carbocycles. The van der Waals surface area contributed by atoms with Crippen molar-refractivity contribution in [2.24, 2.45) is 11.7 Å².